The van der Waals surface area contributed by atoms with Gasteiger partial charge in [0.15, 0.2) is 0 Å². The number of carbonyl (C=O) groups is 1. The van der Waals surface area contributed by atoms with Crippen molar-refractivity contribution < 1.29 is 22.7 Å². The fourth-order valence-electron chi connectivity index (χ4n) is 1.11. The molecule has 0 radical (unpaired) electrons. The Morgan fingerprint density at radius 1 is 1.18 bits per heavy atom. The van der Waals surface area contributed by atoms with E-state index in [1.165, 1.54) is 0 Å². The van der Waals surface area contributed by atoms with Gasteiger partial charge in [0, 0.05) is 0 Å². The van der Waals surface area contributed by atoms with E-state index in [4.69, 9.17) is 0 Å². The SMILES string of the molecule is CI(C)CC(C)(C(=O)OCC(F)(F)F)I(C)C. The van der Waals surface area contributed by atoms with Crippen LogP contribution in [-0.2, 0) is 9.53 Å². The van der Waals surface area contributed by atoms with Crippen LogP contribution in [0.25, 0.3) is 0 Å². The van der Waals surface area contributed by atoms with E-state index in [-0.39, 0.29) is 0 Å². The van der Waals surface area contributed by atoms with E-state index in [1.54, 1.807) is 6.92 Å². The number of hydrogen-bond donors (Lipinski definition) is 0. The van der Waals surface area contributed by atoms with Crippen LogP contribution in [-0.4, -0.2) is 46.3 Å². The first-order chi connectivity index (χ1) is 7.49. The second-order valence-corrected chi connectivity index (χ2v) is 16.9. The third-order valence-electron chi connectivity index (χ3n) is 2.14. The Kier molecular flexibility index (Phi) is 7.05. The van der Waals surface area contributed by atoms with Crippen LogP contribution in [0.4, 0.5) is 13.2 Å². The molecule has 0 aliphatic carbocycles. The van der Waals surface area contributed by atoms with E-state index >= 15 is 0 Å². The van der Waals surface area contributed by atoms with Crippen molar-refractivity contribution in [3.8, 4) is 0 Å². The third kappa shape index (κ3) is 6.44. The number of hydrogen-bond acceptors (Lipinski definition) is 2. The Balaban J connectivity index is 4.66. The van der Waals surface area contributed by atoms with Gasteiger partial charge >= 0.3 is 116 Å². The molecule has 0 heterocycles. The predicted octanol–water partition coefficient (Wildman–Crippen LogP) is 3.38. The van der Waals surface area contributed by atoms with Gasteiger partial charge in [-0.2, -0.15) is 0 Å². The van der Waals surface area contributed by atoms with E-state index in [1.807, 2.05) is 9.86 Å². The van der Waals surface area contributed by atoms with E-state index in [2.05, 4.69) is 14.6 Å². The zero-order valence-corrected chi connectivity index (χ0v) is 14.9. The second-order valence-electron chi connectivity index (χ2n) is 4.19. The minimum atomic E-state index is -4.44. The number of ether oxygens (including phenoxy) is 1. The molecule has 0 spiro atoms. The molecule has 7 heteroatoms. The Morgan fingerprint density at radius 3 is 1.94 bits per heavy atom. The summed E-state index contributed by atoms with van der Waals surface area (Å²) < 4.78 is 40.6. The van der Waals surface area contributed by atoms with Gasteiger partial charge in [0.05, 0.1) is 0 Å². The number of halogens is 5. The molecule has 0 aromatic carbocycles. The first kappa shape index (κ1) is 17.7. The molecular formula is C10H19F3I2O2. The molecule has 2 nitrogen and oxygen atoms in total. The van der Waals surface area contributed by atoms with Crippen LogP contribution in [0, 0.1) is 0 Å². The van der Waals surface area contributed by atoms with Gasteiger partial charge < -0.3 is 0 Å². The van der Waals surface area contributed by atoms with Gasteiger partial charge in [0.1, 0.15) is 0 Å². The molecule has 0 fully saturated rings. The first-order valence-corrected chi connectivity index (χ1v) is 15.9. The van der Waals surface area contributed by atoms with Gasteiger partial charge in [0.25, 0.3) is 0 Å². The van der Waals surface area contributed by atoms with E-state index in [0.29, 0.717) is 0 Å². The summed E-state index contributed by atoms with van der Waals surface area (Å²) >= 11 is -2.76. The number of alkyl halides is 9. The zero-order valence-electron chi connectivity index (χ0n) is 10.6. The summed E-state index contributed by atoms with van der Waals surface area (Å²) in [4.78, 5) is 20.0. The van der Waals surface area contributed by atoms with Crippen molar-refractivity contribution in [2.75, 3.05) is 30.8 Å². The summed E-state index contributed by atoms with van der Waals surface area (Å²) in [5, 5.41) is 0. The fraction of sp³-hybridized carbons (Fsp3) is 0.900. The molecule has 106 valence electrons. The van der Waals surface area contributed by atoms with Crippen molar-refractivity contribution in [2.45, 2.75) is 16.5 Å². The summed E-state index contributed by atoms with van der Waals surface area (Å²) in [5.41, 5.74) is 0. The van der Waals surface area contributed by atoms with Gasteiger partial charge in [-0.1, -0.05) is 0 Å². The molecule has 0 aromatic rings. The normalized spacial score (nSPS) is 17.2. The second kappa shape index (κ2) is 6.76. The number of esters is 1. The van der Waals surface area contributed by atoms with Crippen molar-refractivity contribution in [3.63, 3.8) is 0 Å². The fourth-order valence-corrected chi connectivity index (χ4v) is 13.6. The summed E-state index contributed by atoms with van der Waals surface area (Å²) in [7, 11) is 0. The van der Waals surface area contributed by atoms with Crippen LogP contribution < -0.4 is 0 Å². The van der Waals surface area contributed by atoms with Gasteiger partial charge in [-0.15, -0.1) is 0 Å². The quantitative estimate of drug-likeness (QED) is 0.342. The summed E-state index contributed by atoms with van der Waals surface area (Å²) in [5.74, 6) is -0.656. The molecule has 1 unspecified atom stereocenters. The molecule has 0 aliphatic rings. The number of carbonyl (C=O) groups excluding carboxylic acids is 1. The summed E-state index contributed by atoms with van der Waals surface area (Å²) in [6.07, 6.45) is -4.44. The first-order valence-electron chi connectivity index (χ1n) is 4.69. The standard InChI is InChI=1S/C10H19F3I2O2/c1-9(15(4)5,6-14(2)3)8(16)17-7-10(11,12)13/h6-7H2,1-5H3. The van der Waals surface area contributed by atoms with Crippen LogP contribution in [0.3, 0.4) is 0 Å². The molecular weight excluding hydrogens is 463 g/mol. The monoisotopic (exact) mass is 482 g/mol. The molecule has 0 rings (SSSR count). The van der Waals surface area contributed by atoms with Crippen LogP contribution in [0.1, 0.15) is 6.92 Å². The van der Waals surface area contributed by atoms with Crippen LogP contribution in [0.5, 0.6) is 0 Å². The van der Waals surface area contributed by atoms with Gasteiger partial charge in [-0.25, -0.2) is 0 Å². The van der Waals surface area contributed by atoms with Crippen molar-refractivity contribution >= 4 is 45.6 Å². The molecule has 0 saturated heterocycles. The molecule has 1 atom stereocenters. The van der Waals surface area contributed by atoms with Gasteiger partial charge in [-0.05, 0) is 0 Å². The van der Waals surface area contributed by atoms with Crippen molar-refractivity contribution in [3.05, 3.63) is 0 Å². The van der Waals surface area contributed by atoms with Crippen molar-refractivity contribution in [2.24, 2.45) is 0 Å². The predicted molar refractivity (Wildman–Crippen MR) is 82.0 cm³/mol. The van der Waals surface area contributed by atoms with Crippen molar-refractivity contribution in [1.82, 2.24) is 0 Å². The molecule has 17 heavy (non-hydrogen) atoms. The topological polar surface area (TPSA) is 26.3 Å². The molecule has 0 bridgehead atoms. The maximum atomic E-state index is 12.0. The summed E-state index contributed by atoms with van der Waals surface area (Å²) in [6.45, 7) is 0.307. The van der Waals surface area contributed by atoms with Gasteiger partial charge in [0.2, 0.25) is 0 Å². The average molecular weight is 482 g/mol. The van der Waals surface area contributed by atoms with Gasteiger partial charge in [-0.3, -0.25) is 0 Å². The van der Waals surface area contributed by atoms with Crippen LogP contribution >= 0.6 is 39.6 Å². The molecule has 0 aromatic heterocycles. The number of rotatable bonds is 5. The Morgan fingerprint density at radius 2 is 1.65 bits per heavy atom. The maximum absolute atomic E-state index is 12.0. The van der Waals surface area contributed by atoms with E-state index in [9.17, 15) is 18.0 Å². The van der Waals surface area contributed by atoms with Crippen molar-refractivity contribution in [1.29, 1.82) is 0 Å². The average Bonchev–Trinajstić information content (AvgIpc) is 2.11. The molecule has 0 aliphatic heterocycles. The Bertz CT molecular complexity index is 267. The molecule has 0 saturated carbocycles. The zero-order chi connectivity index (χ0) is 13.9. The van der Waals surface area contributed by atoms with E-state index in [0.717, 1.165) is 4.43 Å². The van der Waals surface area contributed by atoms with Crippen LogP contribution in [0.2, 0.25) is 0 Å². The molecule has 0 amide bonds. The van der Waals surface area contributed by atoms with Crippen LogP contribution in [0.15, 0.2) is 0 Å². The third-order valence-corrected chi connectivity index (χ3v) is 12.2. The molecule has 0 N–H and O–H groups in total. The van der Waals surface area contributed by atoms with E-state index < -0.39 is 61.8 Å². The summed E-state index contributed by atoms with van der Waals surface area (Å²) in [6, 6.07) is 0. The Labute approximate surface area is 115 Å². The minimum absolute atomic E-state index is 0.635. The Hall–Kier alpha value is 0.720.